The molecule has 4 amide bonds. The Kier molecular flexibility index (Phi) is 14.4. The molecule has 0 aliphatic carbocycles. The Hall–Kier alpha value is -4.67. The Bertz CT molecular complexity index is 1480. The quantitative estimate of drug-likeness (QED) is 0.0653. The van der Waals surface area contributed by atoms with Crippen molar-refractivity contribution in [3.8, 4) is 0 Å². The molecule has 0 saturated carbocycles. The third kappa shape index (κ3) is 10.2. The van der Waals surface area contributed by atoms with E-state index in [-0.39, 0.29) is 58.0 Å². The first-order valence-corrected chi connectivity index (χ1v) is 18.1. The van der Waals surface area contributed by atoms with E-state index in [2.05, 4.69) is 0 Å². The number of hydrogen-bond acceptors (Lipinski definition) is 7. The topological polar surface area (TPSA) is 166 Å². The number of benzene rings is 2. The molecule has 0 aromatic heterocycles. The summed E-state index contributed by atoms with van der Waals surface area (Å²) in [5.74, 6) is -3.57. The van der Waals surface area contributed by atoms with Gasteiger partial charge in [-0.05, 0) is 49.9 Å². The van der Waals surface area contributed by atoms with Crippen LogP contribution in [0.5, 0.6) is 0 Å². The molecule has 0 saturated heterocycles. The molecule has 2 aliphatic rings. The van der Waals surface area contributed by atoms with E-state index in [1.54, 1.807) is 0 Å². The minimum Gasteiger partial charge on any atom is -0.481 e. The number of imide groups is 2. The van der Waals surface area contributed by atoms with Crippen LogP contribution in [0.2, 0.25) is 0 Å². The van der Waals surface area contributed by atoms with Crippen LogP contribution >= 0.6 is 0 Å². The van der Waals surface area contributed by atoms with Gasteiger partial charge < -0.3 is 10.2 Å². The van der Waals surface area contributed by atoms with Gasteiger partial charge in [-0.1, -0.05) is 89.2 Å². The Balaban J connectivity index is 1.23. The molecule has 11 heteroatoms. The summed E-state index contributed by atoms with van der Waals surface area (Å²) in [5, 5.41) is 17.4. The predicted molar refractivity (Wildman–Crippen MR) is 185 cm³/mol. The number of carboxylic acid groups (broad SMARTS) is 2. The van der Waals surface area contributed by atoms with E-state index in [4.69, 9.17) is 10.2 Å². The van der Waals surface area contributed by atoms with E-state index in [1.807, 2.05) is 0 Å². The summed E-state index contributed by atoms with van der Waals surface area (Å²) in [6.45, 7) is 0.587. The van der Waals surface area contributed by atoms with Gasteiger partial charge in [-0.2, -0.15) is 0 Å². The first-order valence-electron chi connectivity index (χ1n) is 18.1. The molecule has 2 aliphatic heterocycles. The fraction of sp³-hybridized carbons (Fsp3) is 0.513. The SMILES string of the molecule is O=C(O)CCCCCCCCCCN1C(=O)c2ccc(C(=O)c3ccc4c(c3)C(=O)N(CCCCCCCCCCC(=O)O)C4=O)cc2C1=O. The number of carboxylic acids is 2. The molecule has 0 atom stereocenters. The molecule has 4 rings (SSSR count). The van der Waals surface area contributed by atoms with Crippen LogP contribution < -0.4 is 0 Å². The fourth-order valence-electron chi connectivity index (χ4n) is 6.65. The lowest BCUT2D eigenvalue weighted by Gasteiger charge is -2.13. The Labute approximate surface area is 293 Å². The maximum Gasteiger partial charge on any atom is 0.303 e. The molecule has 2 N–H and O–H groups in total. The van der Waals surface area contributed by atoms with Crippen molar-refractivity contribution in [2.24, 2.45) is 0 Å². The van der Waals surface area contributed by atoms with Gasteiger partial charge in [0.05, 0.1) is 22.3 Å². The summed E-state index contributed by atoms with van der Waals surface area (Å²) < 4.78 is 0. The maximum atomic E-state index is 13.5. The Morgan fingerprint density at radius 1 is 0.420 bits per heavy atom. The molecule has 0 radical (unpaired) electrons. The van der Waals surface area contributed by atoms with Crippen molar-refractivity contribution in [2.45, 2.75) is 116 Å². The molecular weight excluding hydrogens is 640 g/mol. The van der Waals surface area contributed by atoms with Gasteiger partial charge in [-0.15, -0.1) is 0 Å². The monoisotopic (exact) mass is 688 g/mol. The van der Waals surface area contributed by atoms with Crippen LogP contribution in [0.3, 0.4) is 0 Å². The second-order valence-corrected chi connectivity index (χ2v) is 13.3. The van der Waals surface area contributed by atoms with Crippen LogP contribution in [0.25, 0.3) is 0 Å². The molecule has 268 valence electrons. The van der Waals surface area contributed by atoms with Crippen LogP contribution in [0, 0.1) is 0 Å². The zero-order chi connectivity index (χ0) is 36.0. The number of unbranched alkanes of at least 4 members (excludes halogenated alkanes) is 14. The highest BCUT2D eigenvalue weighted by molar-refractivity contribution is 6.24. The Morgan fingerprint density at radius 2 is 0.720 bits per heavy atom. The second kappa shape index (κ2) is 18.9. The molecule has 2 aromatic rings. The van der Waals surface area contributed by atoms with Crippen LogP contribution in [-0.4, -0.2) is 74.5 Å². The van der Waals surface area contributed by atoms with E-state index >= 15 is 0 Å². The highest BCUT2D eigenvalue weighted by atomic mass is 16.4. The normalized spacial score (nSPS) is 13.7. The van der Waals surface area contributed by atoms with Crippen molar-refractivity contribution in [2.75, 3.05) is 13.1 Å². The summed E-state index contributed by atoms with van der Waals surface area (Å²) in [6, 6.07) is 8.88. The highest BCUT2D eigenvalue weighted by Gasteiger charge is 2.37. The number of carbonyl (C=O) groups is 7. The van der Waals surface area contributed by atoms with Crippen molar-refractivity contribution in [3.63, 3.8) is 0 Å². The van der Waals surface area contributed by atoms with Crippen molar-refractivity contribution >= 4 is 41.4 Å². The van der Waals surface area contributed by atoms with Gasteiger partial charge in [0.2, 0.25) is 0 Å². The summed E-state index contributed by atoms with van der Waals surface area (Å²) in [6.07, 6.45) is 14.7. The summed E-state index contributed by atoms with van der Waals surface area (Å²) in [5.41, 5.74) is 1.30. The van der Waals surface area contributed by atoms with Crippen molar-refractivity contribution in [3.05, 3.63) is 69.8 Å². The van der Waals surface area contributed by atoms with Crippen LogP contribution in [-0.2, 0) is 9.59 Å². The van der Waals surface area contributed by atoms with Gasteiger partial charge >= 0.3 is 11.9 Å². The number of ketones is 1. The molecular formula is C39H48N2O9. The van der Waals surface area contributed by atoms with E-state index < -0.39 is 29.5 Å². The maximum absolute atomic E-state index is 13.5. The average molecular weight is 689 g/mol. The lowest BCUT2D eigenvalue weighted by Crippen LogP contribution is -2.30. The van der Waals surface area contributed by atoms with Gasteiger partial charge in [0.25, 0.3) is 23.6 Å². The Morgan fingerprint density at radius 3 is 1.06 bits per heavy atom. The number of fused-ring (bicyclic) bond motifs is 2. The van der Waals surface area contributed by atoms with Gasteiger partial charge in [-0.3, -0.25) is 43.4 Å². The van der Waals surface area contributed by atoms with Crippen molar-refractivity contribution in [1.82, 2.24) is 9.80 Å². The number of rotatable bonds is 24. The minimum atomic E-state index is -0.765. The number of amides is 4. The first-order chi connectivity index (χ1) is 24.1. The summed E-state index contributed by atoms with van der Waals surface area (Å²) in [4.78, 5) is 89.4. The van der Waals surface area contributed by atoms with Gasteiger partial charge in [0.15, 0.2) is 5.78 Å². The van der Waals surface area contributed by atoms with Crippen LogP contribution in [0.4, 0.5) is 0 Å². The lowest BCUT2D eigenvalue weighted by molar-refractivity contribution is -0.138. The number of nitrogens with zero attached hydrogens (tertiary/aromatic N) is 2. The zero-order valence-corrected chi connectivity index (χ0v) is 28.8. The third-order valence-corrected chi connectivity index (χ3v) is 9.51. The largest absolute Gasteiger partial charge is 0.481 e. The van der Waals surface area contributed by atoms with Gasteiger partial charge in [-0.25, -0.2) is 0 Å². The first kappa shape index (κ1) is 38.1. The number of aliphatic carboxylic acids is 2. The average Bonchev–Trinajstić information content (AvgIpc) is 3.48. The van der Waals surface area contributed by atoms with E-state index in [1.165, 1.54) is 46.2 Å². The number of hydrogen-bond donors (Lipinski definition) is 2. The lowest BCUT2D eigenvalue weighted by atomic mass is 9.96. The third-order valence-electron chi connectivity index (χ3n) is 9.51. The van der Waals surface area contributed by atoms with Gasteiger partial charge in [0.1, 0.15) is 0 Å². The number of carbonyl (C=O) groups excluding carboxylic acids is 5. The molecule has 0 fully saturated rings. The van der Waals surface area contributed by atoms with E-state index in [9.17, 15) is 33.6 Å². The highest BCUT2D eigenvalue weighted by Crippen LogP contribution is 2.28. The van der Waals surface area contributed by atoms with Gasteiger partial charge in [0, 0.05) is 37.1 Å². The second-order valence-electron chi connectivity index (χ2n) is 13.3. The summed E-state index contributed by atoms with van der Waals surface area (Å²) in [7, 11) is 0. The van der Waals surface area contributed by atoms with E-state index in [0.29, 0.717) is 38.8 Å². The zero-order valence-electron chi connectivity index (χ0n) is 28.8. The molecule has 50 heavy (non-hydrogen) atoms. The summed E-state index contributed by atoms with van der Waals surface area (Å²) >= 11 is 0. The molecule has 0 bridgehead atoms. The minimum absolute atomic E-state index is 0.180. The molecule has 0 unspecified atom stereocenters. The molecule has 2 heterocycles. The van der Waals surface area contributed by atoms with Crippen molar-refractivity contribution < 1.29 is 43.8 Å². The molecule has 2 aromatic carbocycles. The fourth-order valence-corrected chi connectivity index (χ4v) is 6.65. The standard InChI is InChI=1S/C39H48N2O9/c42-33(43)17-13-9-5-1-3-7-11-15-23-40-36(47)29-21-19-27(25-31(29)38(40)49)35(46)28-20-22-30-32(26-28)39(50)41(37(30)48)24-16-12-8-4-2-6-10-14-18-34(44)45/h19-22,25-26H,1-18,23-24H2,(H,42,43)(H,44,45). The molecule has 11 nitrogen and oxygen atoms in total. The van der Waals surface area contributed by atoms with Crippen LogP contribution in [0.1, 0.15) is 173 Å². The smallest absolute Gasteiger partial charge is 0.303 e. The van der Waals surface area contributed by atoms with Crippen molar-refractivity contribution in [1.29, 1.82) is 0 Å². The predicted octanol–water partition coefficient (Wildman–Crippen LogP) is 7.30. The van der Waals surface area contributed by atoms with E-state index in [0.717, 1.165) is 77.0 Å². The van der Waals surface area contributed by atoms with Crippen LogP contribution in [0.15, 0.2) is 36.4 Å². The molecule has 0 spiro atoms.